The summed E-state index contributed by atoms with van der Waals surface area (Å²) in [6.07, 6.45) is 0. The summed E-state index contributed by atoms with van der Waals surface area (Å²) in [6.45, 7) is 0. The molecule has 1 spiro atoms. The first-order valence-corrected chi connectivity index (χ1v) is 24.7. The molecule has 0 saturated heterocycles. The lowest BCUT2D eigenvalue weighted by Crippen LogP contribution is -2.26. The van der Waals surface area contributed by atoms with Crippen molar-refractivity contribution in [1.82, 2.24) is 0 Å². The van der Waals surface area contributed by atoms with Crippen LogP contribution in [0.2, 0.25) is 0 Å². The number of hydrogen-bond acceptors (Lipinski definition) is 2. The third-order valence-corrected chi connectivity index (χ3v) is 16.0. The van der Waals surface area contributed by atoms with Gasteiger partial charge in [-0.25, -0.2) is 0 Å². The molecule has 0 amide bonds. The van der Waals surface area contributed by atoms with Crippen molar-refractivity contribution >= 4 is 92.9 Å². The van der Waals surface area contributed by atoms with Crippen molar-refractivity contribution in [2.24, 2.45) is 0 Å². The van der Waals surface area contributed by atoms with Gasteiger partial charge in [-0.1, -0.05) is 200 Å². The molecule has 0 aliphatic heterocycles. The van der Waals surface area contributed by atoms with Crippen molar-refractivity contribution in [2.75, 3.05) is 4.90 Å². The Morgan fingerprint density at radius 2 is 0.746 bits per heavy atom. The normalized spacial score (nSPS) is 13.2. The van der Waals surface area contributed by atoms with Crippen LogP contribution in [0.15, 0.2) is 253 Å². The summed E-state index contributed by atoms with van der Waals surface area (Å²) in [4.78, 5) is 2.58. The van der Waals surface area contributed by atoms with Gasteiger partial charge >= 0.3 is 0 Å². The van der Waals surface area contributed by atoms with Gasteiger partial charge in [-0.15, -0.1) is 0 Å². The third kappa shape index (κ3) is 5.21. The maximum Gasteiger partial charge on any atom is 0.136 e. The highest BCUT2D eigenvalue weighted by molar-refractivity contribution is 6.26. The molecule has 1 heterocycles. The highest BCUT2D eigenvalue weighted by Gasteiger charge is 2.52. The van der Waals surface area contributed by atoms with E-state index in [0.717, 1.165) is 50.1 Å². The number of fused-ring (bicyclic) bond motifs is 22. The molecule has 2 nitrogen and oxygen atoms in total. The Labute approximate surface area is 409 Å². The predicted molar refractivity (Wildman–Crippen MR) is 298 cm³/mol. The second kappa shape index (κ2) is 14.4. The van der Waals surface area contributed by atoms with E-state index in [2.05, 4.69) is 254 Å². The van der Waals surface area contributed by atoms with Crippen molar-refractivity contribution in [3.05, 3.63) is 271 Å². The van der Waals surface area contributed by atoms with Crippen LogP contribution in [0, 0.1) is 0 Å². The molecular weight excluding hydrogens is 859 g/mol. The van der Waals surface area contributed by atoms with Crippen LogP contribution in [-0.2, 0) is 5.41 Å². The molecule has 0 bridgehead atoms. The largest absolute Gasteiger partial charge is 0.456 e. The topological polar surface area (TPSA) is 16.4 Å². The predicted octanol–water partition coefficient (Wildman–Crippen LogP) is 18.8. The lowest BCUT2D eigenvalue weighted by molar-refractivity contribution is 0.669. The molecule has 71 heavy (non-hydrogen) atoms. The molecule has 1 aromatic heterocycles. The van der Waals surface area contributed by atoms with Gasteiger partial charge in [0.05, 0.1) is 16.8 Å². The van der Waals surface area contributed by atoms with E-state index in [1.54, 1.807) is 0 Å². The minimum absolute atomic E-state index is 0.551. The van der Waals surface area contributed by atoms with Gasteiger partial charge in [0.2, 0.25) is 0 Å². The number of benzene rings is 13. The van der Waals surface area contributed by atoms with Crippen molar-refractivity contribution < 1.29 is 4.42 Å². The van der Waals surface area contributed by atoms with Crippen LogP contribution < -0.4 is 4.90 Å². The first kappa shape index (κ1) is 38.7. The van der Waals surface area contributed by atoms with Crippen molar-refractivity contribution in [1.29, 1.82) is 0 Å². The summed E-state index contributed by atoms with van der Waals surface area (Å²) in [5, 5.41) is 14.6. The molecule has 0 unspecified atom stereocenters. The average molecular weight is 900 g/mol. The van der Waals surface area contributed by atoms with Crippen LogP contribution in [0.3, 0.4) is 0 Å². The number of para-hydroxylation sites is 1. The van der Waals surface area contributed by atoms with Gasteiger partial charge in [0.25, 0.3) is 0 Å². The van der Waals surface area contributed by atoms with Crippen molar-refractivity contribution in [3.8, 4) is 33.4 Å². The average Bonchev–Trinajstić information content (AvgIpc) is 4.06. The van der Waals surface area contributed by atoms with Gasteiger partial charge in [-0.2, -0.15) is 0 Å². The third-order valence-electron chi connectivity index (χ3n) is 16.0. The summed E-state index contributed by atoms with van der Waals surface area (Å²) in [5.74, 6) is 0. The molecule has 0 atom stereocenters. The lowest BCUT2D eigenvalue weighted by atomic mass is 9.70. The van der Waals surface area contributed by atoms with Crippen molar-refractivity contribution in [2.45, 2.75) is 5.41 Å². The second-order valence-electron chi connectivity index (χ2n) is 19.4. The Balaban J connectivity index is 1.08. The summed E-state index contributed by atoms with van der Waals surface area (Å²) in [5.41, 5.74) is 17.1. The van der Waals surface area contributed by atoms with Crippen LogP contribution in [-0.4, -0.2) is 0 Å². The SMILES string of the molecule is c1ccc2c(c1)-c1ccccc1C21c2ccccc2-c2cc(-c3ccc4c(c3)oc3ccccc34)c(N(c3ccc4c5ccccc5c5ccccc5c4c3)c3cc4ccccc4c4ccccc34)cc21. The summed E-state index contributed by atoms with van der Waals surface area (Å²) < 4.78 is 6.70. The number of furan rings is 1. The molecule has 2 aliphatic rings. The summed E-state index contributed by atoms with van der Waals surface area (Å²) in [7, 11) is 0. The van der Waals surface area contributed by atoms with Gasteiger partial charge in [-0.3, -0.25) is 0 Å². The minimum Gasteiger partial charge on any atom is -0.456 e. The van der Waals surface area contributed by atoms with Gasteiger partial charge < -0.3 is 9.32 Å². The molecule has 16 rings (SSSR count). The zero-order valence-electron chi connectivity index (χ0n) is 38.5. The van der Waals surface area contributed by atoms with E-state index >= 15 is 0 Å². The summed E-state index contributed by atoms with van der Waals surface area (Å²) in [6, 6.07) is 92.9. The number of nitrogens with zero attached hydrogens (tertiary/aromatic N) is 1. The van der Waals surface area contributed by atoms with E-state index in [9.17, 15) is 0 Å². The molecule has 2 aliphatic carbocycles. The number of anilines is 3. The standard InChI is InChI=1S/C69H41NO/c1-2-18-45-42(17-1)37-65(55-27-8-7-19-46(45)55)70(44-34-36-51-49-22-4-3-20-47(49)48-21-5-6-23-50(48)59(51)39-44)66-41-64-60(40-58(66)43-33-35-57-56-28-12-16-32-67(56)71-68(57)38-43)54-26-11-15-31-63(54)69(64)61-29-13-9-24-52(61)53-25-10-14-30-62(53)69/h1-41H. The van der Waals surface area contributed by atoms with Crippen LogP contribution in [0.4, 0.5) is 17.1 Å². The van der Waals surface area contributed by atoms with E-state index in [1.807, 2.05) is 0 Å². The fourth-order valence-corrected chi connectivity index (χ4v) is 13.1. The lowest BCUT2D eigenvalue weighted by Gasteiger charge is -2.34. The van der Waals surface area contributed by atoms with E-state index < -0.39 is 5.41 Å². The smallest absolute Gasteiger partial charge is 0.136 e. The first-order chi connectivity index (χ1) is 35.2. The fraction of sp³-hybridized carbons (Fsp3) is 0.0145. The molecule has 0 fully saturated rings. The Hall–Kier alpha value is -9.24. The van der Waals surface area contributed by atoms with Crippen molar-refractivity contribution in [3.63, 3.8) is 0 Å². The van der Waals surface area contributed by atoms with Gasteiger partial charge in [0.15, 0.2) is 0 Å². The van der Waals surface area contributed by atoms with Crippen LogP contribution >= 0.6 is 0 Å². The Kier molecular flexibility index (Phi) is 7.85. The van der Waals surface area contributed by atoms with Crippen LogP contribution in [0.1, 0.15) is 22.3 Å². The molecule has 14 aromatic rings. The van der Waals surface area contributed by atoms with Gasteiger partial charge in [0.1, 0.15) is 11.2 Å². The first-order valence-electron chi connectivity index (χ1n) is 24.7. The number of rotatable bonds is 4. The monoisotopic (exact) mass is 899 g/mol. The molecule has 2 heteroatoms. The molecular formula is C69H41NO. The van der Waals surface area contributed by atoms with E-state index in [4.69, 9.17) is 4.42 Å². The van der Waals surface area contributed by atoms with Gasteiger partial charge in [0, 0.05) is 27.4 Å². The highest BCUT2D eigenvalue weighted by Crippen LogP contribution is 2.64. The fourth-order valence-electron chi connectivity index (χ4n) is 13.1. The maximum atomic E-state index is 6.70. The Bertz CT molecular complexity index is 4530. The zero-order chi connectivity index (χ0) is 46.4. The van der Waals surface area contributed by atoms with E-state index in [1.165, 1.54) is 98.4 Å². The minimum atomic E-state index is -0.551. The van der Waals surface area contributed by atoms with Crippen LogP contribution in [0.5, 0.6) is 0 Å². The second-order valence-corrected chi connectivity index (χ2v) is 19.4. The highest BCUT2D eigenvalue weighted by atomic mass is 16.3. The molecule has 0 N–H and O–H groups in total. The van der Waals surface area contributed by atoms with Gasteiger partial charge in [-0.05, 0) is 147 Å². The molecule has 0 radical (unpaired) electrons. The maximum absolute atomic E-state index is 6.70. The Morgan fingerprint density at radius 1 is 0.268 bits per heavy atom. The van der Waals surface area contributed by atoms with E-state index in [-0.39, 0.29) is 0 Å². The summed E-state index contributed by atoms with van der Waals surface area (Å²) >= 11 is 0. The quantitative estimate of drug-likeness (QED) is 0.164. The number of hydrogen-bond donors (Lipinski definition) is 0. The van der Waals surface area contributed by atoms with E-state index in [0.29, 0.717) is 0 Å². The van der Waals surface area contributed by atoms with Crippen LogP contribution in [0.25, 0.3) is 109 Å². The molecule has 13 aromatic carbocycles. The zero-order valence-corrected chi connectivity index (χ0v) is 38.5. The molecule has 0 saturated carbocycles. The molecule has 328 valence electrons. The Morgan fingerprint density at radius 3 is 1.41 bits per heavy atom.